The van der Waals surface area contributed by atoms with Crippen molar-refractivity contribution in [2.45, 2.75) is 25.0 Å². The number of rotatable bonds is 6. The minimum absolute atomic E-state index is 0.139. The second-order valence-electron chi connectivity index (χ2n) is 5.85. The second kappa shape index (κ2) is 7.36. The molecule has 0 aliphatic carbocycles. The van der Waals surface area contributed by atoms with Crippen LogP contribution in [-0.4, -0.2) is 81.5 Å². The summed E-state index contributed by atoms with van der Waals surface area (Å²) in [6.45, 7) is 5.76. The van der Waals surface area contributed by atoms with Crippen molar-refractivity contribution in [2.75, 3.05) is 60.0 Å². The number of nitrogens with zero attached hydrogens (tertiary/aromatic N) is 2. The zero-order valence-electron chi connectivity index (χ0n) is 12.7. The summed E-state index contributed by atoms with van der Waals surface area (Å²) in [5.41, 5.74) is 0. The van der Waals surface area contributed by atoms with Crippen LogP contribution < -0.4 is 5.32 Å². The molecule has 116 valence electrons. The van der Waals surface area contributed by atoms with Crippen LogP contribution in [0.15, 0.2) is 0 Å². The monoisotopic (exact) mass is 285 g/mol. The summed E-state index contributed by atoms with van der Waals surface area (Å²) >= 11 is 0. The maximum Gasteiger partial charge on any atom is 0.221 e. The highest BCUT2D eigenvalue weighted by Gasteiger charge is 2.39. The lowest BCUT2D eigenvalue weighted by molar-refractivity contribution is -0.185. The van der Waals surface area contributed by atoms with Gasteiger partial charge in [-0.05, 0) is 14.1 Å². The van der Waals surface area contributed by atoms with E-state index in [0.717, 1.165) is 45.6 Å². The number of likely N-dealkylation sites (tertiary alicyclic amines) is 1. The molecular weight excluding hydrogens is 258 g/mol. The number of carbonyl (C=O) groups excluding carboxylic acids is 1. The molecule has 0 aromatic carbocycles. The van der Waals surface area contributed by atoms with Crippen LogP contribution in [0.1, 0.15) is 19.3 Å². The Morgan fingerprint density at radius 3 is 2.50 bits per heavy atom. The molecule has 0 aromatic heterocycles. The van der Waals surface area contributed by atoms with Crippen molar-refractivity contribution in [3.05, 3.63) is 0 Å². The van der Waals surface area contributed by atoms with Gasteiger partial charge in [-0.3, -0.25) is 4.79 Å². The minimum atomic E-state index is -0.315. The van der Waals surface area contributed by atoms with Gasteiger partial charge in [0.1, 0.15) is 0 Å². The fourth-order valence-electron chi connectivity index (χ4n) is 2.67. The maximum absolute atomic E-state index is 11.7. The number of carbonyl (C=O) groups is 1. The Balaban J connectivity index is 1.57. The number of hydrogen-bond acceptors (Lipinski definition) is 5. The summed E-state index contributed by atoms with van der Waals surface area (Å²) in [4.78, 5) is 16.1. The third-order valence-electron chi connectivity index (χ3n) is 3.97. The predicted octanol–water partition coefficient (Wildman–Crippen LogP) is -0.107. The molecule has 20 heavy (non-hydrogen) atoms. The predicted molar refractivity (Wildman–Crippen MR) is 76.5 cm³/mol. The Hall–Kier alpha value is -0.690. The molecule has 2 heterocycles. The van der Waals surface area contributed by atoms with E-state index in [1.54, 1.807) is 0 Å². The van der Waals surface area contributed by atoms with Crippen LogP contribution in [0, 0.1) is 0 Å². The van der Waals surface area contributed by atoms with Crippen LogP contribution in [0.4, 0.5) is 0 Å². The highest BCUT2D eigenvalue weighted by molar-refractivity contribution is 5.76. The van der Waals surface area contributed by atoms with E-state index in [4.69, 9.17) is 9.47 Å². The van der Waals surface area contributed by atoms with Gasteiger partial charge >= 0.3 is 0 Å². The molecule has 2 rings (SSSR count). The molecule has 2 aliphatic rings. The third-order valence-corrected chi connectivity index (χ3v) is 3.97. The third kappa shape index (κ3) is 4.70. The number of hydrogen-bond donors (Lipinski definition) is 1. The molecule has 1 spiro atoms. The first-order valence-electron chi connectivity index (χ1n) is 7.51. The molecule has 0 atom stereocenters. The molecule has 1 amide bonds. The summed E-state index contributed by atoms with van der Waals surface area (Å²) in [6.07, 6.45) is 2.40. The number of nitrogens with one attached hydrogen (secondary N) is 1. The molecule has 0 aromatic rings. The first-order chi connectivity index (χ1) is 9.60. The smallest absolute Gasteiger partial charge is 0.221 e. The number of likely N-dealkylation sites (N-methyl/N-ethyl adjacent to an activating group) is 1. The van der Waals surface area contributed by atoms with E-state index in [1.165, 1.54) is 0 Å². The molecule has 0 saturated carbocycles. The minimum Gasteiger partial charge on any atom is -0.355 e. The quantitative estimate of drug-likeness (QED) is 0.738. The highest BCUT2D eigenvalue weighted by Crippen LogP contribution is 2.31. The largest absolute Gasteiger partial charge is 0.355 e. The summed E-state index contributed by atoms with van der Waals surface area (Å²) in [5, 5.41) is 2.95. The molecule has 6 nitrogen and oxygen atoms in total. The van der Waals surface area contributed by atoms with Crippen LogP contribution in [0.25, 0.3) is 0 Å². The van der Waals surface area contributed by atoms with E-state index >= 15 is 0 Å². The molecular formula is C14H27N3O3. The number of amides is 1. The molecule has 0 unspecified atom stereocenters. The average molecular weight is 285 g/mol. The fourth-order valence-corrected chi connectivity index (χ4v) is 2.67. The van der Waals surface area contributed by atoms with E-state index in [-0.39, 0.29) is 11.7 Å². The summed E-state index contributed by atoms with van der Waals surface area (Å²) in [7, 11) is 4.01. The zero-order chi connectivity index (χ0) is 14.4. The number of piperidine rings is 1. The van der Waals surface area contributed by atoms with E-state index < -0.39 is 0 Å². The van der Waals surface area contributed by atoms with Gasteiger partial charge in [0.25, 0.3) is 0 Å². The van der Waals surface area contributed by atoms with Gasteiger partial charge in [0.2, 0.25) is 5.91 Å². The molecule has 0 bridgehead atoms. The van der Waals surface area contributed by atoms with Crippen LogP contribution >= 0.6 is 0 Å². The van der Waals surface area contributed by atoms with Crippen molar-refractivity contribution < 1.29 is 14.3 Å². The fraction of sp³-hybridized carbons (Fsp3) is 0.929. The van der Waals surface area contributed by atoms with Crippen LogP contribution in [-0.2, 0) is 14.3 Å². The van der Waals surface area contributed by atoms with Gasteiger partial charge in [-0.15, -0.1) is 0 Å². The van der Waals surface area contributed by atoms with Gasteiger partial charge in [0, 0.05) is 52.0 Å². The van der Waals surface area contributed by atoms with Gasteiger partial charge < -0.3 is 24.6 Å². The first kappa shape index (κ1) is 15.7. The standard InChI is InChI=1S/C14H27N3O3/c1-16(2)10-6-15-13(18)3-7-17-8-4-14(5-9-17)19-11-12-20-14/h3-12H2,1-2H3,(H,15,18). The van der Waals surface area contributed by atoms with Gasteiger partial charge in [0.05, 0.1) is 13.2 Å². The lowest BCUT2D eigenvalue weighted by atomic mass is 10.0. The van der Waals surface area contributed by atoms with Crippen molar-refractivity contribution >= 4 is 5.91 Å². The van der Waals surface area contributed by atoms with Crippen molar-refractivity contribution in [3.8, 4) is 0 Å². The van der Waals surface area contributed by atoms with Crippen LogP contribution in [0.5, 0.6) is 0 Å². The van der Waals surface area contributed by atoms with Crippen molar-refractivity contribution in [1.82, 2.24) is 15.1 Å². The molecule has 2 aliphatic heterocycles. The molecule has 2 saturated heterocycles. The molecule has 2 fully saturated rings. The highest BCUT2D eigenvalue weighted by atomic mass is 16.7. The van der Waals surface area contributed by atoms with Crippen LogP contribution in [0.3, 0.4) is 0 Å². The molecule has 0 radical (unpaired) electrons. The Morgan fingerprint density at radius 2 is 1.90 bits per heavy atom. The van der Waals surface area contributed by atoms with Crippen molar-refractivity contribution in [2.24, 2.45) is 0 Å². The average Bonchev–Trinajstić information content (AvgIpc) is 2.86. The van der Waals surface area contributed by atoms with Gasteiger partial charge in [-0.2, -0.15) is 0 Å². The van der Waals surface area contributed by atoms with E-state index in [2.05, 4.69) is 15.1 Å². The maximum atomic E-state index is 11.7. The normalized spacial score (nSPS) is 22.6. The lowest BCUT2D eigenvalue weighted by Gasteiger charge is -2.37. The topological polar surface area (TPSA) is 54.0 Å². The Labute approximate surface area is 121 Å². The zero-order valence-corrected chi connectivity index (χ0v) is 12.7. The van der Waals surface area contributed by atoms with E-state index in [9.17, 15) is 4.79 Å². The Kier molecular flexibility index (Phi) is 5.77. The first-order valence-corrected chi connectivity index (χ1v) is 7.51. The van der Waals surface area contributed by atoms with Gasteiger partial charge in [-0.25, -0.2) is 0 Å². The SMILES string of the molecule is CN(C)CCNC(=O)CCN1CCC2(CC1)OCCO2. The molecule has 6 heteroatoms. The molecule has 1 N–H and O–H groups in total. The summed E-state index contributed by atoms with van der Waals surface area (Å²) in [6, 6.07) is 0. The lowest BCUT2D eigenvalue weighted by Crippen LogP contribution is -2.46. The van der Waals surface area contributed by atoms with E-state index in [1.807, 2.05) is 14.1 Å². The van der Waals surface area contributed by atoms with Gasteiger partial charge in [-0.1, -0.05) is 0 Å². The Bertz CT molecular complexity index is 307. The van der Waals surface area contributed by atoms with Gasteiger partial charge in [0.15, 0.2) is 5.79 Å². The Morgan fingerprint density at radius 1 is 1.25 bits per heavy atom. The second-order valence-corrected chi connectivity index (χ2v) is 5.85. The number of ether oxygens (including phenoxy) is 2. The van der Waals surface area contributed by atoms with Crippen molar-refractivity contribution in [3.63, 3.8) is 0 Å². The van der Waals surface area contributed by atoms with E-state index in [0.29, 0.717) is 19.6 Å². The summed E-state index contributed by atoms with van der Waals surface area (Å²) < 4.78 is 11.4. The summed E-state index contributed by atoms with van der Waals surface area (Å²) in [5.74, 6) is -0.176. The van der Waals surface area contributed by atoms with Crippen LogP contribution in [0.2, 0.25) is 0 Å². The van der Waals surface area contributed by atoms with Crippen molar-refractivity contribution in [1.29, 1.82) is 0 Å².